The summed E-state index contributed by atoms with van der Waals surface area (Å²) in [5.74, 6) is -0.230. The molecule has 0 spiro atoms. The standard InChI is InChI=1S/C18H14N6O3/c1-11-3-2-4-14-16(11)20-15(21-17(14)25)9-27-18(26)12-5-7-13(8-6-12)24-10-19-22-23-24/h2-8,10H,9H2,1H3,(H,20,21,25). The van der Waals surface area contributed by atoms with E-state index in [0.29, 0.717) is 28.0 Å². The highest BCUT2D eigenvalue weighted by molar-refractivity contribution is 5.89. The quantitative estimate of drug-likeness (QED) is 0.548. The van der Waals surface area contributed by atoms with Gasteiger partial charge in [-0.05, 0) is 53.2 Å². The Hall–Kier alpha value is -3.88. The molecule has 0 radical (unpaired) electrons. The number of aromatic nitrogens is 6. The molecule has 0 aliphatic rings. The van der Waals surface area contributed by atoms with Gasteiger partial charge in [-0.2, -0.15) is 0 Å². The van der Waals surface area contributed by atoms with Crippen LogP contribution in [0.4, 0.5) is 0 Å². The number of aryl methyl sites for hydroxylation is 1. The van der Waals surface area contributed by atoms with Gasteiger partial charge in [-0.1, -0.05) is 12.1 Å². The average molecular weight is 362 g/mol. The van der Waals surface area contributed by atoms with Gasteiger partial charge in [-0.3, -0.25) is 4.79 Å². The predicted molar refractivity (Wildman–Crippen MR) is 95.4 cm³/mol. The molecule has 4 aromatic rings. The van der Waals surface area contributed by atoms with Crippen LogP contribution >= 0.6 is 0 Å². The van der Waals surface area contributed by atoms with Crippen molar-refractivity contribution in [2.24, 2.45) is 0 Å². The normalized spacial score (nSPS) is 10.9. The van der Waals surface area contributed by atoms with E-state index >= 15 is 0 Å². The maximum absolute atomic E-state index is 12.2. The number of ether oxygens (including phenoxy) is 1. The number of H-pyrrole nitrogens is 1. The van der Waals surface area contributed by atoms with E-state index < -0.39 is 5.97 Å². The van der Waals surface area contributed by atoms with E-state index in [1.54, 1.807) is 36.4 Å². The summed E-state index contributed by atoms with van der Waals surface area (Å²) in [4.78, 5) is 31.4. The molecule has 0 atom stereocenters. The fraction of sp³-hybridized carbons (Fsp3) is 0.111. The van der Waals surface area contributed by atoms with Crippen LogP contribution in [0.1, 0.15) is 21.7 Å². The molecule has 0 bridgehead atoms. The maximum atomic E-state index is 12.2. The number of aromatic amines is 1. The van der Waals surface area contributed by atoms with Crippen molar-refractivity contribution in [2.75, 3.05) is 0 Å². The molecule has 4 rings (SSSR count). The smallest absolute Gasteiger partial charge is 0.338 e. The molecule has 0 aliphatic heterocycles. The molecule has 2 aromatic carbocycles. The van der Waals surface area contributed by atoms with E-state index in [1.165, 1.54) is 11.0 Å². The molecule has 2 heterocycles. The van der Waals surface area contributed by atoms with Crippen LogP contribution in [0.2, 0.25) is 0 Å². The second-order valence-electron chi connectivity index (χ2n) is 5.86. The van der Waals surface area contributed by atoms with Crippen LogP contribution < -0.4 is 5.56 Å². The molecule has 0 aliphatic carbocycles. The molecule has 134 valence electrons. The topological polar surface area (TPSA) is 116 Å². The summed E-state index contributed by atoms with van der Waals surface area (Å²) in [6, 6.07) is 12.0. The third-order valence-corrected chi connectivity index (χ3v) is 4.04. The van der Waals surface area contributed by atoms with Crippen molar-refractivity contribution in [1.29, 1.82) is 0 Å². The van der Waals surface area contributed by atoms with E-state index in [9.17, 15) is 9.59 Å². The lowest BCUT2D eigenvalue weighted by Gasteiger charge is -2.07. The summed E-state index contributed by atoms with van der Waals surface area (Å²) in [6.07, 6.45) is 1.46. The van der Waals surface area contributed by atoms with Crippen molar-refractivity contribution in [3.05, 3.63) is 76.1 Å². The monoisotopic (exact) mass is 362 g/mol. The van der Waals surface area contributed by atoms with Crippen LogP contribution in [0.15, 0.2) is 53.6 Å². The minimum absolute atomic E-state index is 0.132. The Bertz CT molecular complexity index is 1170. The second-order valence-corrected chi connectivity index (χ2v) is 5.86. The lowest BCUT2D eigenvalue weighted by Crippen LogP contribution is -2.15. The highest BCUT2D eigenvalue weighted by atomic mass is 16.5. The largest absolute Gasteiger partial charge is 0.454 e. The lowest BCUT2D eigenvalue weighted by atomic mass is 10.1. The van der Waals surface area contributed by atoms with Crippen LogP contribution in [0, 0.1) is 6.92 Å². The highest BCUT2D eigenvalue weighted by Gasteiger charge is 2.11. The Balaban J connectivity index is 1.50. The summed E-state index contributed by atoms with van der Waals surface area (Å²) >= 11 is 0. The molecule has 0 saturated carbocycles. The summed E-state index contributed by atoms with van der Waals surface area (Å²) < 4.78 is 6.74. The minimum atomic E-state index is -0.522. The zero-order valence-electron chi connectivity index (χ0n) is 14.3. The van der Waals surface area contributed by atoms with Gasteiger partial charge >= 0.3 is 5.97 Å². The number of nitrogens with zero attached hydrogens (tertiary/aromatic N) is 5. The van der Waals surface area contributed by atoms with E-state index in [-0.39, 0.29) is 12.2 Å². The van der Waals surface area contributed by atoms with Crippen LogP contribution in [-0.4, -0.2) is 36.1 Å². The zero-order valence-corrected chi connectivity index (χ0v) is 14.3. The number of hydrogen-bond donors (Lipinski definition) is 1. The van der Waals surface area contributed by atoms with E-state index in [0.717, 1.165) is 5.56 Å². The molecule has 2 aromatic heterocycles. The van der Waals surface area contributed by atoms with Gasteiger partial charge in [-0.25, -0.2) is 14.5 Å². The van der Waals surface area contributed by atoms with Crippen LogP contribution in [-0.2, 0) is 11.3 Å². The summed E-state index contributed by atoms with van der Waals surface area (Å²) in [5.41, 5.74) is 2.29. The van der Waals surface area contributed by atoms with Crippen LogP contribution in [0.3, 0.4) is 0 Å². The molecule has 0 unspecified atom stereocenters. The number of tetrazole rings is 1. The Labute approximate surface area is 152 Å². The zero-order chi connectivity index (χ0) is 18.8. The number of carbonyl (C=O) groups excluding carboxylic acids is 1. The fourth-order valence-corrected chi connectivity index (χ4v) is 2.67. The molecular weight excluding hydrogens is 348 g/mol. The van der Waals surface area contributed by atoms with Gasteiger partial charge in [0.05, 0.1) is 22.2 Å². The van der Waals surface area contributed by atoms with Crippen LogP contribution in [0.5, 0.6) is 0 Å². The van der Waals surface area contributed by atoms with E-state index in [1.807, 2.05) is 13.0 Å². The van der Waals surface area contributed by atoms with E-state index in [2.05, 4.69) is 25.5 Å². The fourth-order valence-electron chi connectivity index (χ4n) is 2.67. The van der Waals surface area contributed by atoms with Crippen molar-refractivity contribution >= 4 is 16.9 Å². The predicted octanol–water partition coefficient (Wildman–Crippen LogP) is 1.56. The molecule has 0 saturated heterocycles. The third-order valence-electron chi connectivity index (χ3n) is 4.04. The van der Waals surface area contributed by atoms with Crippen molar-refractivity contribution in [3.8, 4) is 5.69 Å². The summed E-state index contributed by atoms with van der Waals surface area (Å²) in [6.45, 7) is 1.74. The number of nitrogens with one attached hydrogen (secondary N) is 1. The Kier molecular flexibility index (Phi) is 4.17. The van der Waals surface area contributed by atoms with Crippen molar-refractivity contribution in [1.82, 2.24) is 30.2 Å². The van der Waals surface area contributed by atoms with Gasteiger partial charge in [0.15, 0.2) is 0 Å². The molecule has 1 N–H and O–H groups in total. The SMILES string of the molecule is Cc1cccc2c(=O)[nH]c(COC(=O)c3ccc(-n4cnnn4)cc3)nc12. The summed E-state index contributed by atoms with van der Waals surface area (Å²) in [7, 11) is 0. The van der Waals surface area contributed by atoms with Gasteiger partial charge in [0.1, 0.15) is 18.8 Å². The van der Waals surface area contributed by atoms with Gasteiger partial charge in [0, 0.05) is 0 Å². The van der Waals surface area contributed by atoms with Gasteiger partial charge < -0.3 is 9.72 Å². The number of fused-ring (bicyclic) bond motifs is 1. The first-order valence-electron chi connectivity index (χ1n) is 8.11. The van der Waals surface area contributed by atoms with Crippen molar-refractivity contribution in [2.45, 2.75) is 13.5 Å². The first-order chi connectivity index (χ1) is 13.1. The molecule has 9 heteroatoms. The van der Waals surface area contributed by atoms with E-state index in [4.69, 9.17) is 4.74 Å². The number of para-hydroxylation sites is 1. The van der Waals surface area contributed by atoms with Gasteiger partial charge in [0.2, 0.25) is 0 Å². The maximum Gasteiger partial charge on any atom is 0.338 e. The van der Waals surface area contributed by atoms with Crippen LogP contribution in [0.25, 0.3) is 16.6 Å². The van der Waals surface area contributed by atoms with Crippen molar-refractivity contribution < 1.29 is 9.53 Å². The molecular formula is C18H14N6O3. The number of rotatable bonds is 4. The molecule has 0 amide bonds. The minimum Gasteiger partial charge on any atom is -0.454 e. The third kappa shape index (κ3) is 3.30. The van der Waals surface area contributed by atoms with Gasteiger partial charge in [-0.15, -0.1) is 5.10 Å². The molecule has 0 fully saturated rings. The first-order valence-corrected chi connectivity index (χ1v) is 8.11. The number of carbonyl (C=O) groups is 1. The number of benzene rings is 2. The highest BCUT2D eigenvalue weighted by Crippen LogP contribution is 2.13. The first kappa shape index (κ1) is 16.6. The Morgan fingerprint density at radius 3 is 2.74 bits per heavy atom. The Morgan fingerprint density at radius 1 is 1.19 bits per heavy atom. The lowest BCUT2D eigenvalue weighted by molar-refractivity contribution is 0.0462. The Morgan fingerprint density at radius 2 is 2.00 bits per heavy atom. The molecule has 9 nitrogen and oxygen atoms in total. The molecule has 27 heavy (non-hydrogen) atoms. The number of hydrogen-bond acceptors (Lipinski definition) is 7. The van der Waals surface area contributed by atoms with Crippen molar-refractivity contribution in [3.63, 3.8) is 0 Å². The average Bonchev–Trinajstić information content (AvgIpc) is 3.22. The van der Waals surface area contributed by atoms with Gasteiger partial charge in [0.25, 0.3) is 5.56 Å². The summed E-state index contributed by atoms with van der Waals surface area (Å²) in [5, 5.41) is 11.4. The second kappa shape index (κ2) is 6.79. The number of esters is 1.